The number of aryl methyl sites for hydroxylation is 1. The molecule has 5 nitrogen and oxygen atoms in total. The first-order valence-electron chi connectivity index (χ1n) is 7.70. The molecule has 0 spiro atoms. The van der Waals surface area contributed by atoms with Gasteiger partial charge in [-0.1, -0.05) is 12.1 Å². The van der Waals surface area contributed by atoms with Crippen molar-refractivity contribution in [1.82, 2.24) is 9.71 Å². The molecule has 2 aromatic carbocycles. The van der Waals surface area contributed by atoms with E-state index in [0.717, 1.165) is 27.8 Å². The highest BCUT2D eigenvalue weighted by molar-refractivity contribution is 7.89. The summed E-state index contributed by atoms with van der Waals surface area (Å²) in [5, 5.41) is 1.05. The Morgan fingerprint density at radius 1 is 1.17 bits per heavy atom. The lowest BCUT2D eigenvalue weighted by Crippen LogP contribution is -2.26. The molecule has 1 aromatic heterocycles. The summed E-state index contributed by atoms with van der Waals surface area (Å²) in [5.74, 6) is 0.781. The molecule has 0 fully saturated rings. The number of aromatic nitrogens is 1. The molecule has 3 rings (SSSR count). The first kappa shape index (κ1) is 16.5. The van der Waals surface area contributed by atoms with Crippen LogP contribution in [0.15, 0.2) is 53.6 Å². The zero-order valence-corrected chi connectivity index (χ0v) is 14.5. The molecule has 3 aromatic rings. The first-order valence-corrected chi connectivity index (χ1v) is 9.18. The highest BCUT2D eigenvalue weighted by atomic mass is 32.2. The molecular formula is C18H20N2O3S. The van der Waals surface area contributed by atoms with E-state index in [1.54, 1.807) is 25.3 Å². The molecule has 0 aliphatic carbocycles. The number of nitrogens with one attached hydrogen (secondary N) is 2. The monoisotopic (exact) mass is 344 g/mol. The van der Waals surface area contributed by atoms with Gasteiger partial charge in [0.2, 0.25) is 10.0 Å². The lowest BCUT2D eigenvalue weighted by atomic mass is 10.1. The molecule has 0 aliphatic heterocycles. The Balaban J connectivity index is 1.72. The highest BCUT2D eigenvalue weighted by Gasteiger charge is 2.14. The van der Waals surface area contributed by atoms with Gasteiger partial charge in [0.25, 0.3) is 0 Å². The van der Waals surface area contributed by atoms with Crippen LogP contribution in [-0.2, 0) is 16.4 Å². The van der Waals surface area contributed by atoms with E-state index < -0.39 is 10.0 Å². The number of H-pyrrole nitrogens is 1. The minimum atomic E-state index is -3.49. The fourth-order valence-corrected chi connectivity index (χ4v) is 3.81. The lowest BCUT2D eigenvalue weighted by Gasteiger charge is -2.07. The number of aromatic amines is 1. The van der Waals surface area contributed by atoms with Gasteiger partial charge in [-0.15, -0.1) is 0 Å². The fourth-order valence-electron chi connectivity index (χ4n) is 2.68. The van der Waals surface area contributed by atoms with Crippen LogP contribution in [0.5, 0.6) is 5.75 Å². The Bertz CT molecular complexity index is 961. The summed E-state index contributed by atoms with van der Waals surface area (Å²) in [6.07, 6.45) is 2.50. The zero-order valence-electron chi connectivity index (χ0n) is 13.7. The summed E-state index contributed by atoms with van der Waals surface area (Å²) < 4.78 is 32.6. The van der Waals surface area contributed by atoms with Crippen LogP contribution in [0, 0.1) is 6.92 Å². The van der Waals surface area contributed by atoms with Crippen LogP contribution >= 0.6 is 0 Å². The van der Waals surface area contributed by atoms with Crippen LogP contribution in [0.1, 0.15) is 11.1 Å². The molecule has 0 saturated carbocycles. The standard InChI is InChI=1S/C18H20N2O3S/c1-13-4-3-5-16(10-13)24(21,22)20-9-8-14-12-19-18-7-6-15(23-2)11-17(14)18/h3-7,10-12,19-20H,8-9H2,1-2H3. The van der Waals surface area contributed by atoms with Crippen molar-refractivity contribution in [2.75, 3.05) is 13.7 Å². The molecule has 126 valence electrons. The van der Waals surface area contributed by atoms with Gasteiger partial charge in [-0.05, 0) is 54.8 Å². The minimum absolute atomic E-state index is 0.295. The molecule has 24 heavy (non-hydrogen) atoms. The molecule has 2 N–H and O–H groups in total. The van der Waals surface area contributed by atoms with Gasteiger partial charge in [0.1, 0.15) is 5.75 Å². The molecule has 1 heterocycles. The first-order chi connectivity index (χ1) is 11.5. The number of ether oxygens (including phenoxy) is 1. The van der Waals surface area contributed by atoms with E-state index in [4.69, 9.17) is 4.74 Å². The quantitative estimate of drug-likeness (QED) is 0.722. The van der Waals surface area contributed by atoms with Crippen LogP contribution in [0.4, 0.5) is 0 Å². The summed E-state index contributed by atoms with van der Waals surface area (Å²) in [4.78, 5) is 3.49. The molecule has 0 saturated heterocycles. The Kier molecular flexibility index (Phi) is 4.59. The summed E-state index contributed by atoms with van der Waals surface area (Å²) in [5.41, 5.74) is 2.98. The van der Waals surface area contributed by atoms with Crippen molar-refractivity contribution in [1.29, 1.82) is 0 Å². The lowest BCUT2D eigenvalue weighted by molar-refractivity contribution is 0.415. The van der Waals surface area contributed by atoms with Crippen LogP contribution < -0.4 is 9.46 Å². The van der Waals surface area contributed by atoms with Crippen molar-refractivity contribution in [3.05, 3.63) is 59.8 Å². The fraction of sp³-hybridized carbons (Fsp3) is 0.222. The van der Waals surface area contributed by atoms with E-state index in [1.807, 2.05) is 37.4 Å². The van der Waals surface area contributed by atoms with Crippen molar-refractivity contribution < 1.29 is 13.2 Å². The van der Waals surface area contributed by atoms with Gasteiger partial charge >= 0.3 is 0 Å². The maximum Gasteiger partial charge on any atom is 0.240 e. The number of hydrogen-bond donors (Lipinski definition) is 2. The Morgan fingerprint density at radius 2 is 2.00 bits per heavy atom. The Hall–Kier alpha value is -2.31. The molecule has 0 atom stereocenters. The second-order valence-corrected chi connectivity index (χ2v) is 7.46. The normalized spacial score (nSPS) is 11.8. The molecular weight excluding hydrogens is 324 g/mol. The molecule has 0 bridgehead atoms. The van der Waals surface area contributed by atoms with Crippen molar-refractivity contribution in [2.45, 2.75) is 18.2 Å². The van der Waals surface area contributed by atoms with Crippen molar-refractivity contribution in [3.8, 4) is 5.75 Å². The van der Waals surface area contributed by atoms with Crippen LogP contribution in [0.2, 0.25) is 0 Å². The van der Waals surface area contributed by atoms with E-state index in [-0.39, 0.29) is 0 Å². The maximum atomic E-state index is 12.3. The van der Waals surface area contributed by atoms with Gasteiger partial charge in [-0.3, -0.25) is 0 Å². The molecule has 6 heteroatoms. The van der Waals surface area contributed by atoms with Gasteiger partial charge in [0.05, 0.1) is 12.0 Å². The number of benzene rings is 2. The molecule has 0 radical (unpaired) electrons. The number of methoxy groups -OCH3 is 1. The smallest absolute Gasteiger partial charge is 0.240 e. The van der Waals surface area contributed by atoms with E-state index in [1.165, 1.54) is 0 Å². The highest BCUT2D eigenvalue weighted by Crippen LogP contribution is 2.23. The average molecular weight is 344 g/mol. The predicted molar refractivity (Wildman–Crippen MR) is 94.9 cm³/mol. The number of sulfonamides is 1. The average Bonchev–Trinajstić information content (AvgIpc) is 2.97. The molecule has 0 aliphatic rings. The number of fused-ring (bicyclic) bond motifs is 1. The summed E-state index contributed by atoms with van der Waals surface area (Å²) >= 11 is 0. The zero-order chi connectivity index (χ0) is 17.2. The second kappa shape index (κ2) is 6.67. The van der Waals surface area contributed by atoms with Crippen molar-refractivity contribution >= 4 is 20.9 Å². The van der Waals surface area contributed by atoms with Gasteiger partial charge in [0, 0.05) is 23.6 Å². The third kappa shape index (κ3) is 3.44. The van der Waals surface area contributed by atoms with Gasteiger partial charge in [-0.2, -0.15) is 0 Å². The summed E-state index contributed by atoms with van der Waals surface area (Å²) in [6.45, 7) is 2.21. The van der Waals surface area contributed by atoms with Gasteiger partial charge < -0.3 is 9.72 Å². The molecule has 0 unspecified atom stereocenters. The number of hydrogen-bond acceptors (Lipinski definition) is 3. The van der Waals surface area contributed by atoms with Crippen molar-refractivity contribution in [3.63, 3.8) is 0 Å². The topological polar surface area (TPSA) is 71.2 Å². The van der Waals surface area contributed by atoms with Crippen molar-refractivity contribution in [2.24, 2.45) is 0 Å². The van der Waals surface area contributed by atoms with E-state index in [0.29, 0.717) is 17.9 Å². The van der Waals surface area contributed by atoms with Crippen LogP contribution in [-0.4, -0.2) is 27.1 Å². The third-order valence-corrected chi connectivity index (χ3v) is 5.42. The summed E-state index contributed by atoms with van der Waals surface area (Å²) in [7, 11) is -1.86. The van der Waals surface area contributed by atoms with E-state index >= 15 is 0 Å². The largest absolute Gasteiger partial charge is 0.497 e. The predicted octanol–water partition coefficient (Wildman–Crippen LogP) is 3.01. The number of rotatable bonds is 6. The van der Waals surface area contributed by atoms with Gasteiger partial charge in [0.15, 0.2) is 0 Å². The Morgan fingerprint density at radius 3 is 2.75 bits per heavy atom. The maximum absolute atomic E-state index is 12.3. The Labute approximate surface area is 141 Å². The van der Waals surface area contributed by atoms with E-state index in [9.17, 15) is 8.42 Å². The second-order valence-electron chi connectivity index (χ2n) is 5.69. The molecule has 0 amide bonds. The van der Waals surface area contributed by atoms with E-state index in [2.05, 4.69) is 9.71 Å². The minimum Gasteiger partial charge on any atom is -0.497 e. The third-order valence-electron chi connectivity index (χ3n) is 3.96. The van der Waals surface area contributed by atoms with Crippen LogP contribution in [0.3, 0.4) is 0 Å². The summed E-state index contributed by atoms with van der Waals surface area (Å²) in [6, 6.07) is 12.7. The SMILES string of the molecule is COc1ccc2[nH]cc(CCNS(=O)(=O)c3cccc(C)c3)c2c1. The van der Waals surface area contributed by atoms with Crippen LogP contribution in [0.25, 0.3) is 10.9 Å². The van der Waals surface area contributed by atoms with Gasteiger partial charge in [-0.25, -0.2) is 13.1 Å².